The number of hydrogen-bond acceptors (Lipinski definition) is 5. The first-order valence-electron chi connectivity index (χ1n) is 7.29. The second-order valence-electron chi connectivity index (χ2n) is 4.99. The molecule has 0 bridgehead atoms. The van der Waals surface area contributed by atoms with Crippen molar-refractivity contribution in [2.24, 2.45) is 15.4 Å². The van der Waals surface area contributed by atoms with Gasteiger partial charge in [-0.05, 0) is 12.1 Å². The number of nitrogens with zero attached hydrogens (tertiary/aromatic N) is 3. The minimum atomic E-state index is -0.638. The van der Waals surface area contributed by atoms with E-state index in [-0.39, 0.29) is 18.2 Å². The highest BCUT2D eigenvalue weighted by Gasteiger charge is 2.10. The normalized spacial score (nSPS) is 11.6. The Bertz CT molecular complexity index is 965. The molecule has 0 fully saturated rings. The van der Waals surface area contributed by atoms with Gasteiger partial charge in [0.2, 0.25) is 5.88 Å². The van der Waals surface area contributed by atoms with Crippen LogP contribution in [0.5, 0.6) is 5.88 Å². The molecule has 0 aliphatic carbocycles. The molecule has 1 aromatic heterocycles. The summed E-state index contributed by atoms with van der Waals surface area (Å²) in [5.41, 5.74) is 1.56. The number of nitrogens with one attached hydrogen (secondary N) is 1. The molecule has 25 heavy (non-hydrogen) atoms. The van der Waals surface area contributed by atoms with Gasteiger partial charge in [0, 0.05) is 16.0 Å². The second-order valence-corrected chi connectivity index (χ2v) is 5.40. The summed E-state index contributed by atoms with van der Waals surface area (Å²) >= 11 is 5.96. The Hall–Kier alpha value is -3.19. The summed E-state index contributed by atoms with van der Waals surface area (Å²) in [6.07, 6.45) is 1.40. The number of aromatic nitrogens is 1. The van der Waals surface area contributed by atoms with Crippen LogP contribution >= 0.6 is 11.6 Å². The Balaban J connectivity index is 1.60. The van der Waals surface area contributed by atoms with E-state index < -0.39 is 5.91 Å². The van der Waals surface area contributed by atoms with Gasteiger partial charge in [0.05, 0.1) is 11.7 Å². The van der Waals surface area contributed by atoms with Crippen molar-refractivity contribution in [3.8, 4) is 5.88 Å². The zero-order chi connectivity index (χ0) is 17.6. The van der Waals surface area contributed by atoms with E-state index in [0.717, 1.165) is 0 Å². The van der Waals surface area contributed by atoms with Crippen LogP contribution in [0.15, 0.2) is 63.9 Å². The lowest BCUT2D eigenvalue weighted by molar-refractivity contribution is -0.122. The molecule has 0 saturated heterocycles. The zero-order valence-electron chi connectivity index (χ0n) is 12.9. The topological polar surface area (TPSA) is 99.4 Å². The number of carbonyl (C=O) groups excluding carboxylic acids is 1. The van der Waals surface area contributed by atoms with Crippen molar-refractivity contribution in [2.45, 2.75) is 0 Å². The van der Waals surface area contributed by atoms with Crippen molar-refractivity contribution in [1.29, 1.82) is 0 Å². The number of azo groups is 1. The lowest BCUT2D eigenvalue weighted by Gasteiger charge is -1.96. The summed E-state index contributed by atoms with van der Waals surface area (Å²) in [5.74, 6) is -0.795. The Labute approximate surface area is 147 Å². The van der Waals surface area contributed by atoms with Crippen LogP contribution < -0.4 is 0 Å². The number of rotatable bonds is 5. The number of halogens is 1. The standard InChI is InChI=1S/C17H13ClN4O3/c18-13-7-3-1-5-11(13)9-19-25-10-15(23)21-22-16-12-6-2-4-8-14(12)20-17(16)24/h1-9,20,24H,10H2. The number of amides is 1. The fourth-order valence-corrected chi connectivity index (χ4v) is 2.30. The van der Waals surface area contributed by atoms with Crippen molar-refractivity contribution >= 4 is 40.3 Å². The molecule has 0 aliphatic heterocycles. The van der Waals surface area contributed by atoms with Gasteiger partial charge in [0.1, 0.15) is 0 Å². The van der Waals surface area contributed by atoms with Crippen LogP contribution in [0.1, 0.15) is 5.56 Å². The number of benzene rings is 2. The molecule has 3 rings (SSSR count). The number of carbonyl (C=O) groups is 1. The highest BCUT2D eigenvalue weighted by Crippen LogP contribution is 2.35. The number of H-pyrrole nitrogens is 1. The maximum Gasteiger partial charge on any atom is 0.304 e. The average Bonchev–Trinajstić information content (AvgIpc) is 2.93. The number of fused-ring (bicyclic) bond motifs is 1. The SMILES string of the molecule is O=C(CON=Cc1ccccc1Cl)N=Nc1c(O)[nH]c2ccccc12. The molecule has 2 aromatic carbocycles. The van der Waals surface area contributed by atoms with Gasteiger partial charge in [0.25, 0.3) is 0 Å². The van der Waals surface area contributed by atoms with E-state index in [1.165, 1.54) is 6.21 Å². The molecular formula is C17H13ClN4O3. The van der Waals surface area contributed by atoms with Gasteiger partial charge in [-0.1, -0.05) is 53.2 Å². The molecule has 0 aliphatic rings. The Morgan fingerprint density at radius 2 is 1.96 bits per heavy atom. The van der Waals surface area contributed by atoms with Gasteiger partial charge < -0.3 is 14.9 Å². The number of oxime groups is 1. The van der Waals surface area contributed by atoms with E-state index in [1.54, 1.807) is 42.5 Å². The first kappa shape index (κ1) is 16.7. The van der Waals surface area contributed by atoms with E-state index in [2.05, 4.69) is 20.4 Å². The molecule has 0 saturated carbocycles. The van der Waals surface area contributed by atoms with Gasteiger partial charge in [-0.3, -0.25) is 4.79 Å². The third kappa shape index (κ3) is 4.02. The van der Waals surface area contributed by atoms with Gasteiger partial charge in [0.15, 0.2) is 12.3 Å². The van der Waals surface area contributed by atoms with E-state index in [0.29, 0.717) is 21.5 Å². The summed E-state index contributed by atoms with van der Waals surface area (Å²) in [5, 5.41) is 22.0. The molecular weight excluding hydrogens is 344 g/mol. The van der Waals surface area contributed by atoms with Gasteiger partial charge in [-0.2, -0.15) is 0 Å². The largest absolute Gasteiger partial charge is 0.493 e. The van der Waals surface area contributed by atoms with E-state index in [4.69, 9.17) is 16.4 Å². The average molecular weight is 357 g/mol. The molecule has 2 N–H and O–H groups in total. The van der Waals surface area contributed by atoms with Crippen molar-refractivity contribution < 1.29 is 14.7 Å². The predicted octanol–water partition coefficient (Wildman–Crippen LogP) is 4.19. The minimum absolute atomic E-state index is 0.157. The molecule has 0 spiro atoms. The molecule has 1 amide bonds. The van der Waals surface area contributed by atoms with Gasteiger partial charge in [-0.25, -0.2) is 0 Å². The Kier molecular flexibility index (Phi) is 5.06. The first-order chi connectivity index (χ1) is 12.1. The molecule has 1 heterocycles. The van der Waals surface area contributed by atoms with Crippen LogP contribution in [-0.4, -0.2) is 28.8 Å². The highest BCUT2D eigenvalue weighted by atomic mass is 35.5. The number of para-hydroxylation sites is 1. The first-order valence-corrected chi connectivity index (χ1v) is 7.67. The van der Waals surface area contributed by atoms with Crippen LogP contribution in [0.25, 0.3) is 10.9 Å². The number of hydrogen-bond donors (Lipinski definition) is 2. The number of aromatic amines is 1. The summed E-state index contributed by atoms with van der Waals surface area (Å²) < 4.78 is 0. The summed E-state index contributed by atoms with van der Waals surface area (Å²) in [6.45, 7) is -0.381. The monoisotopic (exact) mass is 356 g/mol. The fraction of sp³-hybridized carbons (Fsp3) is 0.0588. The van der Waals surface area contributed by atoms with E-state index >= 15 is 0 Å². The lowest BCUT2D eigenvalue weighted by Crippen LogP contribution is -2.01. The maximum atomic E-state index is 11.7. The van der Waals surface area contributed by atoms with Crippen LogP contribution in [0, 0.1) is 0 Å². The van der Waals surface area contributed by atoms with Crippen LogP contribution in [0.4, 0.5) is 5.69 Å². The predicted molar refractivity (Wildman–Crippen MR) is 94.5 cm³/mol. The van der Waals surface area contributed by atoms with Crippen LogP contribution in [0.3, 0.4) is 0 Å². The van der Waals surface area contributed by atoms with Crippen molar-refractivity contribution in [2.75, 3.05) is 6.61 Å². The summed E-state index contributed by atoms with van der Waals surface area (Å²) in [6, 6.07) is 14.2. The van der Waals surface area contributed by atoms with Crippen LogP contribution in [-0.2, 0) is 9.63 Å². The van der Waals surface area contributed by atoms with Crippen molar-refractivity contribution in [3.63, 3.8) is 0 Å². The Morgan fingerprint density at radius 3 is 2.80 bits per heavy atom. The van der Waals surface area contributed by atoms with Crippen molar-refractivity contribution in [3.05, 3.63) is 59.1 Å². The molecule has 8 heteroatoms. The summed E-state index contributed by atoms with van der Waals surface area (Å²) in [4.78, 5) is 19.3. The molecule has 0 atom stereocenters. The number of aromatic hydroxyl groups is 1. The summed E-state index contributed by atoms with van der Waals surface area (Å²) in [7, 11) is 0. The third-order valence-electron chi connectivity index (χ3n) is 3.28. The molecule has 126 valence electrons. The zero-order valence-corrected chi connectivity index (χ0v) is 13.6. The smallest absolute Gasteiger partial charge is 0.304 e. The molecule has 7 nitrogen and oxygen atoms in total. The third-order valence-corrected chi connectivity index (χ3v) is 3.62. The van der Waals surface area contributed by atoms with Crippen LogP contribution in [0.2, 0.25) is 5.02 Å². The quantitative estimate of drug-likeness (QED) is 0.407. The highest BCUT2D eigenvalue weighted by molar-refractivity contribution is 6.33. The minimum Gasteiger partial charge on any atom is -0.493 e. The van der Waals surface area contributed by atoms with Gasteiger partial charge >= 0.3 is 5.91 Å². The molecule has 0 radical (unpaired) electrons. The van der Waals surface area contributed by atoms with Gasteiger partial charge in [-0.15, -0.1) is 10.2 Å². The van der Waals surface area contributed by atoms with E-state index in [9.17, 15) is 9.90 Å². The molecule has 3 aromatic rings. The second kappa shape index (κ2) is 7.59. The molecule has 0 unspecified atom stereocenters. The fourth-order valence-electron chi connectivity index (χ4n) is 2.12. The van der Waals surface area contributed by atoms with E-state index in [1.807, 2.05) is 6.07 Å². The Morgan fingerprint density at radius 1 is 1.20 bits per heavy atom. The van der Waals surface area contributed by atoms with Crippen molar-refractivity contribution in [1.82, 2.24) is 4.98 Å². The maximum absolute atomic E-state index is 11.7. The lowest BCUT2D eigenvalue weighted by atomic mass is 10.2.